The summed E-state index contributed by atoms with van der Waals surface area (Å²) in [6.07, 6.45) is 4.69. The normalized spacial score (nSPS) is 12.1. The number of carboxylic acids is 1. The molecule has 21 nitrogen and oxygen atoms in total. The van der Waals surface area contributed by atoms with Crippen molar-refractivity contribution < 1.29 is 87.9 Å². The zero-order valence-electron chi connectivity index (χ0n) is 45.9. The lowest BCUT2D eigenvalue weighted by Crippen LogP contribution is -2.28. The van der Waals surface area contributed by atoms with Crippen molar-refractivity contribution in [2.45, 2.75) is 129 Å². The zero-order valence-corrected chi connectivity index (χ0v) is 45.9. The standard InChI is InChI=1S/C14H19NO6.C14H19NO5.C7H14O2.C6H13NO.C6H12O2.C5H10O2/c1-3-8(2)14(20)21-5-4-15-13(19)9-6-10(16)12(18)11(17)7-9;1-3-9(2)14(19)20-7-6-15-13(18)10-4-5-11(16)12(17)8-10;1-5-7(2,3)6(8)9-4;1-4-5(2)6(8)7-3;1-4-5(2)6(7)8-3;1-3-4(2)5(6)7/h6-8,16-18H,3-5H2,1-2H3,(H,15,19);4-5,8-9,16-17H,3,6-7H2,1-2H3,(H,15,18);5H2,1-4H3;5H,4H2,1-3H3,(H,7,8);5H,4H2,1-3H3;4H,3H2,1-2H3,(H,6,7). The summed E-state index contributed by atoms with van der Waals surface area (Å²) in [5.74, 6) is -5.25. The summed E-state index contributed by atoms with van der Waals surface area (Å²) in [4.78, 5) is 88.1. The van der Waals surface area contributed by atoms with E-state index < -0.39 is 35.0 Å². The minimum Gasteiger partial charge on any atom is -0.504 e. The quantitative estimate of drug-likeness (QED) is 0.0273. The van der Waals surface area contributed by atoms with E-state index in [9.17, 15) is 58.8 Å². The van der Waals surface area contributed by atoms with Gasteiger partial charge in [-0.2, -0.15) is 0 Å². The molecule has 9 N–H and O–H groups in total. The van der Waals surface area contributed by atoms with Gasteiger partial charge in [-0.15, -0.1) is 0 Å². The van der Waals surface area contributed by atoms with Crippen LogP contribution in [0.3, 0.4) is 0 Å². The van der Waals surface area contributed by atoms with Crippen molar-refractivity contribution in [2.24, 2.45) is 35.0 Å². The molecule has 2 rings (SSSR count). The highest BCUT2D eigenvalue weighted by Gasteiger charge is 2.25. The van der Waals surface area contributed by atoms with E-state index in [1.807, 2.05) is 69.2 Å². The number of carbonyl (C=O) groups excluding carboxylic acids is 7. The largest absolute Gasteiger partial charge is 0.504 e. The van der Waals surface area contributed by atoms with Crippen LogP contribution in [0.25, 0.3) is 0 Å². The molecule has 418 valence electrons. The highest BCUT2D eigenvalue weighted by Crippen LogP contribution is 2.35. The number of carbonyl (C=O) groups is 8. The van der Waals surface area contributed by atoms with Gasteiger partial charge in [-0.05, 0) is 82.7 Å². The fourth-order valence-corrected chi connectivity index (χ4v) is 4.25. The van der Waals surface area contributed by atoms with Crippen LogP contribution < -0.4 is 16.0 Å². The zero-order chi connectivity index (χ0) is 57.6. The van der Waals surface area contributed by atoms with E-state index >= 15 is 0 Å². The second kappa shape index (κ2) is 40.8. The number of carboxylic acid groups (broad SMARTS) is 1. The molecule has 2 aromatic carbocycles. The van der Waals surface area contributed by atoms with Gasteiger partial charge in [-0.3, -0.25) is 38.4 Å². The monoisotopic (exact) mass is 1040 g/mol. The number of hydrogen-bond acceptors (Lipinski definition) is 17. The Bertz CT molecular complexity index is 1930. The minimum atomic E-state index is -0.706. The van der Waals surface area contributed by atoms with Crippen molar-refractivity contribution in [2.75, 3.05) is 47.6 Å². The first-order valence-corrected chi connectivity index (χ1v) is 24.3. The Kier molecular flexibility index (Phi) is 40.6. The topological polar surface area (TPSA) is 331 Å². The summed E-state index contributed by atoms with van der Waals surface area (Å²) in [6.45, 7) is 24.7. The number of phenolic OH excluding ortho intramolecular Hbond substituents is 5. The number of hydrogen-bond donors (Lipinski definition) is 9. The van der Waals surface area contributed by atoms with Crippen LogP contribution in [0, 0.1) is 35.0 Å². The van der Waals surface area contributed by atoms with Crippen LogP contribution in [0.5, 0.6) is 28.7 Å². The van der Waals surface area contributed by atoms with Crippen LogP contribution in [-0.4, -0.2) is 126 Å². The van der Waals surface area contributed by atoms with Crippen LogP contribution in [0.15, 0.2) is 30.3 Å². The Morgan fingerprint density at radius 1 is 0.534 bits per heavy atom. The van der Waals surface area contributed by atoms with Gasteiger partial charge >= 0.3 is 29.8 Å². The Morgan fingerprint density at radius 3 is 1.19 bits per heavy atom. The molecule has 0 bridgehead atoms. The molecule has 0 heterocycles. The van der Waals surface area contributed by atoms with E-state index in [4.69, 9.17) is 19.7 Å². The van der Waals surface area contributed by atoms with Crippen molar-refractivity contribution in [3.8, 4) is 28.7 Å². The number of rotatable bonds is 20. The van der Waals surface area contributed by atoms with E-state index in [0.717, 1.165) is 43.9 Å². The predicted octanol–water partition coefficient (Wildman–Crippen LogP) is 7.24. The average molecular weight is 1040 g/mol. The molecule has 73 heavy (non-hydrogen) atoms. The summed E-state index contributed by atoms with van der Waals surface area (Å²) in [6, 6.07) is 5.82. The lowest BCUT2D eigenvalue weighted by molar-refractivity contribution is -0.151. The van der Waals surface area contributed by atoms with Gasteiger partial charge < -0.3 is 65.5 Å². The molecular weight excluding hydrogens is 955 g/mol. The Morgan fingerprint density at radius 2 is 0.918 bits per heavy atom. The number of ether oxygens (including phenoxy) is 4. The third-order valence-corrected chi connectivity index (χ3v) is 11.0. The van der Waals surface area contributed by atoms with Crippen LogP contribution in [0.2, 0.25) is 0 Å². The van der Waals surface area contributed by atoms with E-state index in [-0.39, 0.29) is 114 Å². The second-order valence-electron chi connectivity index (χ2n) is 17.2. The average Bonchev–Trinajstić information content (AvgIpc) is 3.39. The smallest absolute Gasteiger partial charge is 0.311 e. The number of phenols is 5. The van der Waals surface area contributed by atoms with Crippen LogP contribution in [-0.2, 0) is 47.7 Å². The molecule has 3 amide bonds. The summed E-state index contributed by atoms with van der Waals surface area (Å²) < 4.78 is 19.0. The van der Waals surface area contributed by atoms with Crippen LogP contribution in [0.4, 0.5) is 0 Å². The van der Waals surface area contributed by atoms with Gasteiger partial charge in [0.05, 0.1) is 56.4 Å². The van der Waals surface area contributed by atoms with Crippen molar-refractivity contribution in [1.29, 1.82) is 0 Å². The Labute approximate surface area is 431 Å². The molecule has 0 saturated heterocycles. The van der Waals surface area contributed by atoms with Gasteiger partial charge in [0.15, 0.2) is 28.7 Å². The van der Waals surface area contributed by atoms with Gasteiger partial charge in [0, 0.05) is 24.1 Å². The fourth-order valence-electron chi connectivity index (χ4n) is 4.25. The summed E-state index contributed by atoms with van der Waals surface area (Å²) in [7, 11) is 4.49. The number of methoxy groups -OCH3 is 2. The highest BCUT2D eigenvalue weighted by molar-refractivity contribution is 5.96. The SMILES string of the molecule is CCC(C)(C)C(=O)OC.CCC(C)C(=O)NC.CCC(C)C(=O)O.CCC(C)C(=O)OC.CCC(C)C(=O)OCCNC(=O)c1cc(O)c(O)c(O)c1.CCC(C)C(=O)OCCNC(=O)c1ccc(O)c(O)c1. The van der Waals surface area contributed by atoms with E-state index in [0.29, 0.717) is 12.8 Å². The maximum Gasteiger partial charge on any atom is 0.311 e. The first-order valence-electron chi connectivity index (χ1n) is 24.3. The Balaban J connectivity index is -0.000000418. The first kappa shape index (κ1) is 72.7. The molecular formula is C52H87N3O18. The number of nitrogens with one attached hydrogen (secondary N) is 3. The fraction of sp³-hybridized carbons (Fsp3) is 0.615. The molecule has 0 aliphatic heterocycles. The summed E-state index contributed by atoms with van der Waals surface area (Å²) in [5.41, 5.74) is -0.112. The molecule has 5 atom stereocenters. The van der Waals surface area contributed by atoms with Crippen molar-refractivity contribution in [1.82, 2.24) is 16.0 Å². The number of aromatic hydroxyl groups is 5. The molecule has 0 aromatic heterocycles. The molecule has 2 aromatic rings. The molecule has 0 spiro atoms. The van der Waals surface area contributed by atoms with Gasteiger partial charge in [0.1, 0.15) is 13.2 Å². The van der Waals surface area contributed by atoms with E-state index in [1.165, 1.54) is 26.4 Å². The highest BCUT2D eigenvalue weighted by atomic mass is 16.5. The number of aliphatic carboxylic acids is 1. The van der Waals surface area contributed by atoms with Crippen LogP contribution in [0.1, 0.15) is 149 Å². The van der Waals surface area contributed by atoms with Crippen LogP contribution >= 0.6 is 0 Å². The van der Waals surface area contributed by atoms with Gasteiger partial charge in [0.2, 0.25) is 5.91 Å². The van der Waals surface area contributed by atoms with Crippen molar-refractivity contribution in [3.05, 3.63) is 41.5 Å². The van der Waals surface area contributed by atoms with Gasteiger partial charge in [0.25, 0.3) is 11.8 Å². The molecule has 0 saturated carbocycles. The van der Waals surface area contributed by atoms with Crippen molar-refractivity contribution in [3.63, 3.8) is 0 Å². The molecule has 5 unspecified atom stereocenters. The molecule has 21 heteroatoms. The maximum absolute atomic E-state index is 11.7. The van der Waals surface area contributed by atoms with E-state index in [1.54, 1.807) is 27.8 Å². The Hall–Kier alpha value is -6.80. The predicted molar refractivity (Wildman–Crippen MR) is 275 cm³/mol. The third kappa shape index (κ3) is 32.7. The van der Waals surface area contributed by atoms with Gasteiger partial charge in [-0.25, -0.2) is 0 Å². The summed E-state index contributed by atoms with van der Waals surface area (Å²) in [5, 5.41) is 62.0. The minimum absolute atomic E-state index is 0.0175. The number of esters is 4. The van der Waals surface area contributed by atoms with Gasteiger partial charge in [-0.1, -0.05) is 76.2 Å². The molecule has 0 aliphatic rings. The maximum atomic E-state index is 11.7. The lowest BCUT2D eigenvalue weighted by atomic mass is 9.91. The summed E-state index contributed by atoms with van der Waals surface area (Å²) >= 11 is 0. The first-order chi connectivity index (χ1) is 34.0. The molecule has 0 fully saturated rings. The van der Waals surface area contributed by atoms with E-state index in [2.05, 4.69) is 25.4 Å². The molecule has 0 aliphatic carbocycles. The number of benzene rings is 2. The molecule has 0 radical (unpaired) electrons. The lowest BCUT2D eigenvalue weighted by Gasteiger charge is -2.17. The third-order valence-electron chi connectivity index (χ3n) is 11.0. The second-order valence-corrected chi connectivity index (χ2v) is 17.2. The van der Waals surface area contributed by atoms with Crippen molar-refractivity contribution >= 4 is 47.6 Å². The number of amides is 3.